The number of carbonyl (C=O) groups excluding carboxylic acids is 2. The van der Waals surface area contributed by atoms with Gasteiger partial charge in [0.25, 0.3) is 0 Å². The summed E-state index contributed by atoms with van der Waals surface area (Å²) in [7, 11) is 0. The molecule has 1 aliphatic carbocycles. The van der Waals surface area contributed by atoms with Crippen molar-refractivity contribution in [2.24, 2.45) is 17.4 Å². The summed E-state index contributed by atoms with van der Waals surface area (Å²) in [5, 5.41) is 6.27. The molecule has 2 heterocycles. The number of anilines is 1. The van der Waals surface area contributed by atoms with Gasteiger partial charge in [0.15, 0.2) is 0 Å². The van der Waals surface area contributed by atoms with E-state index in [0.29, 0.717) is 49.9 Å². The Morgan fingerprint density at radius 2 is 1.71 bits per heavy atom. The average Bonchev–Trinajstić information content (AvgIpc) is 2.86. The van der Waals surface area contributed by atoms with Gasteiger partial charge in [0.2, 0.25) is 5.91 Å². The van der Waals surface area contributed by atoms with Crippen molar-refractivity contribution in [3.05, 3.63) is 52.6 Å². The van der Waals surface area contributed by atoms with Crippen LogP contribution in [0.5, 0.6) is 0 Å². The lowest BCUT2D eigenvalue weighted by atomic mass is 9.81. The largest absolute Gasteiger partial charge is 0.354 e. The van der Waals surface area contributed by atoms with E-state index in [-0.39, 0.29) is 17.8 Å². The Bertz CT molecular complexity index is 1180. The van der Waals surface area contributed by atoms with E-state index in [9.17, 15) is 14.4 Å². The van der Waals surface area contributed by atoms with Crippen LogP contribution in [-0.2, 0) is 11.2 Å². The first-order valence-electron chi connectivity index (χ1n) is 13.3. The van der Waals surface area contributed by atoms with Gasteiger partial charge in [0, 0.05) is 44.5 Å². The van der Waals surface area contributed by atoms with Crippen LogP contribution in [0.25, 0.3) is 5.69 Å². The Morgan fingerprint density at radius 3 is 2.29 bits per heavy atom. The van der Waals surface area contributed by atoms with E-state index in [4.69, 9.17) is 11.5 Å². The van der Waals surface area contributed by atoms with Crippen LogP contribution in [0, 0.1) is 5.92 Å². The quantitative estimate of drug-likeness (QED) is 0.400. The second-order valence-electron chi connectivity index (χ2n) is 11.2. The van der Waals surface area contributed by atoms with Crippen LogP contribution < -0.4 is 27.8 Å². The summed E-state index contributed by atoms with van der Waals surface area (Å²) in [6.07, 6.45) is 4.70. The number of nitrogens with one attached hydrogen (secondary N) is 2. The van der Waals surface area contributed by atoms with E-state index in [0.717, 1.165) is 25.8 Å². The van der Waals surface area contributed by atoms with Crippen molar-refractivity contribution < 1.29 is 9.59 Å². The van der Waals surface area contributed by atoms with Crippen LogP contribution >= 0.6 is 0 Å². The summed E-state index contributed by atoms with van der Waals surface area (Å²) in [5.41, 5.74) is 12.2. The third kappa shape index (κ3) is 6.97. The van der Waals surface area contributed by atoms with Crippen molar-refractivity contribution in [1.29, 1.82) is 0 Å². The van der Waals surface area contributed by atoms with Gasteiger partial charge in [-0.15, -0.1) is 0 Å². The fraction of sp³-hybridized carbons (Fsp3) is 0.556. The van der Waals surface area contributed by atoms with Gasteiger partial charge in [-0.25, -0.2) is 9.59 Å². The van der Waals surface area contributed by atoms with E-state index in [1.165, 1.54) is 10.1 Å². The smallest absolute Gasteiger partial charge is 0.338 e. The number of nitrogens with zero attached hydrogens (tertiary/aromatic N) is 4. The molecule has 3 amide bonds. The maximum Gasteiger partial charge on any atom is 0.354 e. The molecule has 6 N–H and O–H groups in total. The Labute approximate surface area is 223 Å². The van der Waals surface area contributed by atoms with Crippen molar-refractivity contribution in [1.82, 2.24) is 24.7 Å². The molecule has 2 fully saturated rings. The molecule has 0 bridgehead atoms. The van der Waals surface area contributed by atoms with Crippen LogP contribution in [0.1, 0.15) is 39.2 Å². The van der Waals surface area contributed by atoms with Crippen molar-refractivity contribution in [2.75, 3.05) is 38.0 Å². The number of rotatable bonds is 8. The second kappa shape index (κ2) is 11.6. The van der Waals surface area contributed by atoms with Gasteiger partial charge in [-0.05, 0) is 76.3 Å². The van der Waals surface area contributed by atoms with Crippen LogP contribution in [-0.4, -0.2) is 81.6 Å². The van der Waals surface area contributed by atoms with Gasteiger partial charge in [0.05, 0.1) is 11.2 Å². The van der Waals surface area contributed by atoms with E-state index < -0.39 is 11.2 Å². The van der Waals surface area contributed by atoms with Crippen LogP contribution in [0.3, 0.4) is 0 Å². The van der Waals surface area contributed by atoms with Gasteiger partial charge in [0.1, 0.15) is 5.82 Å². The first kappa shape index (κ1) is 27.7. The molecule has 38 heavy (non-hydrogen) atoms. The summed E-state index contributed by atoms with van der Waals surface area (Å²) < 4.78 is 1.44. The number of urea groups is 1. The van der Waals surface area contributed by atoms with E-state index >= 15 is 0 Å². The topological polar surface area (TPSA) is 152 Å². The monoisotopic (exact) mass is 524 g/mol. The summed E-state index contributed by atoms with van der Waals surface area (Å²) in [5.74, 6) is 0.727. The maximum absolute atomic E-state index is 12.7. The SMILES string of the molecule is CC(Cc1ccc(-n2ccc(NC(=O)N3CCN(C(=O)C(C)(C)N)CC3)nc2=O)cc1)NC[C@H]1C[C@@H](N)C1. The number of nitrogens with two attached hydrogens (primary N) is 2. The third-order valence-corrected chi connectivity index (χ3v) is 7.23. The lowest BCUT2D eigenvalue weighted by molar-refractivity contribution is -0.137. The first-order valence-corrected chi connectivity index (χ1v) is 13.3. The number of hydrogen-bond donors (Lipinski definition) is 4. The van der Waals surface area contributed by atoms with Gasteiger partial charge >= 0.3 is 11.7 Å². The number of amides is 3. The summed E-state index contributed by atoms with van der Waals surface area (Å²) in [6.45, 7) is 8.07. The van der Waals surface area contributed by atoms with Crippen molar-refractivity contribution in [3.8, 4) is 5.69 Å². The van der Waals surface area contributed by atoms with Crippen molar-refractivity contribution >= 4 is 17.8 Å². The van der Waals surface area contributed by atoms with Gasteiger partial charge in [-0.3, -0.25) is 14.7 Å². The highest BCUT2D eigenvalue weighted by atomic mass is 16.2. The minimum Gasteiger partial charge on any atom is -0.338 e. The van der Waals surface area contributed by atoms with E-state index in [1.54, 1.807) is 35.9 Å². The molecule has 1 atom stereocenters. The van der Waals surface area contributed by atoms with E-state index in [2.05, 4.69) is 22.5 Å². The summed E-state index contributed by atoms with van der Waals surface area (Å²) >= 11 is 0. The van der Waals surface area contributed by atoms with E-state index in [1.807, 2.05) is 24.3 Å². The Hall–Kier alpha value is -3.28. The first-order chi connectivity index (χ1) is 18.0. The predicted octanol–water partition coefficient (Wildman–Crippen LogP) is 0.904. The lowest BCUT2D eigenvalue weighted by Crippen LogP contribution is -2.58. The highest BCUT2D eigenvalue weighted by Gasteiger charge is 2.31. The standard InChI is InChI=1S/C27H40N8O3/c1-18(30-17-20-15-21(28)16-20)14-19-4-6-22(7-5-19)35-9-8-23(32-26(35)38)31-25(37)34-12-10-33(11-13-34)24(36)27(2,3)29/h4-9,18,20-21,30H,10-17,28-29H2,1-3H3,(H,31,32,37,38)/t18?,20-,21+. The van der Waals surface area contributed by atoms with Crippen LogP contribution in [0.4, 0.5) is 10.6 Å². The van der Waals surface area contributed by atoms with Crippen LogP contribution in [0.2, 0.25) is 0 Å². The summed E-state index contributed by atoms with van der Waals surface area (Å²) in [6, 6.07) is 9.80. The molecule has 206 valence electrons. The zero-order valence-corrected chi connectivity index (χ0v) is 22.5. The molecule has 11 heteroatoms. The predicted molar refractivity (Wildman–Crippen MR) is 147 cm³/mol. The molecule has 0 spiro atoms. The van der Waals surface area contributed by atoms with Crippen molar-refractivity contribution in [3.63, 3.8) is 0 Å². The maximum atomic E-state index is 12.7. The minimum atomic E-state index is -0.946. The Morgan fingerprint density at radius 1 is 1.08 bits per heavy atom. The average molecular weight is 525 g/mol. The molecule has 11 nitrogen and oxygen atoms in total. The van der Waals surface area contributed by atoms with Crippen molar-refractivity contribution in [2.45, 2.75) is 57.7 Å². The fourth-order valence-corrected chi connectivity index (χ4v) is 4.92. The molecule has 4 rings (SSSR count). The molecule has 2 aliphatic rings. The number of piperazine rings is 1. The molecular weight excluding hydrogens is 484 g/mol. The zero-order chi connectivity index (χ0) is 27.4. The molecule has 1 aromatic carbocycles. The Kier molecular flexibility index (Phi) is 8.49. The highest BCUT2D eigenvalue weighted by molar-refractivity contribution is 5.89. The molecule has 1 saturated heterocycles. The number of carbonyl (C=O) groups is 2. The van der Waals surface area contributed by atoms with Gasteiger partial charge in [-0.2, -0.15) is 4.98 Å². The fourth-order valence-electron chi connectivity index (χ4n) is 4.92. The molecule has 1 unspecified atom stereocenters. The molecular formula is C27H40N8O3. The number of aromatic nitrogens is 2. The van der Waals surface area contributed by atoms with Gasteiger partial charge < -0.3 is 26.6 Å². The number of hydrogen-bond acceptors (Lipinski definition) is 7. The zero-order valence-electron chi connectivity index (χ0n) is 22.5. The normalized spacial score (nSPS) is 20.6. The molecule has 1 aliphatic heterocycles. The Balaban J connectivity index is 1.28. The number of benzene rings is 1. The molecule has 1 aromatic heterocycles. The highest BCUT2D eigenvalue weighted by Crippen LogP contribution is 2.24. The molecule has 0 radical (unpaired) electrons. The second-order valence-corrected chi connectivity index (χ2v) is 11.2. The summed E-state index contributed by atoms with van der Waals surface area (Å²) in [4.78, 5) is 45.0. The lowest BCUT2D eigenvalue weighted by Gasteiger charge is -2.37. The molecule has 1 saturated carbocycles. The minimum absolute atomic E-state index is 0.142. The molecule has 2 aromatic rings. The van der Waals surface area contributed by atoms with Gasteiger partial charge in [-0.1, -0.05) is 12.1 Å². The van der Waals surface area contributed by atoms with Crippen LogP contribution in [0.15, 0.2) is 41.3 Å². The third-order valence-electron chi connectivity index (χ3n) is 7.23.